The van der Waals surface area contributed by atoms with E-state index in [4.69, 9.17) is 4.74 Å². The van der Waals surface area contributed by atoms with Gasteiger partial charge in [0.1, 0.15) is 5.75 Å². The van der Waals surface area contributed by atoms with Gasteiger partial charge in [0.15, 0.2) is 17.3 Å². The first-order chi connectivity index (χ1) is 10.5. The van der Waals surface area contributed by atoms with Crippen LogP contribution in [-0.4, -0.2) is 34.0 Å². The van der Waals surface area contributed by atoms with Crippen molar-refractivity contribution in [3.05, 3.63) is 52.1 Å². The van der Waals surface area contributed by atoms with Crippen molar-refractivity contribution in [2.24, 2.45) is 0 Å². The Morgan fingerprint density at radius 1 is 1.05 bits per heavy atom. The van der Waals surface area contributed by atoms with E-state index >= 15 is 0 Å². The van der Waals surface area contributed by atoms with Crippen LogP contribution in [0, 0.1) is 0 Å². The molecule has 0 atom stereocenters. The number of carbonyl (C=O) groups excluding carboxylic acids is 2. The van der Waals surface area contributed by atoms with Gasteiger partial charge in [-0.05, 0) is 12.1 Å². The summed E-state index contributed by atoms with van der Waals surface area (Å²) in [4.78, 5) is 25.2. The van der Waals surface area contributed by atoms with Crippen LogP contribution in [0.25, 0.3) is 0 Å². The first-order valence-electron chi connectivity index (χ1n) is 6.46. The summed E-state index contributed by atoms with van der Waals surface area (Å²) >= 11 is 0. The van der Waals surface area contributed by atoms with Crippen molar-refractivity contribution in [1.82, 2.24) is 0 Å². The van der Waals surface area contributed by atoms with Gasteiger partial charge >= 0.3 is 0 Å². The number of ether oxygens (including phenoxy) is 1. The Labute approximate surface area is 125 Å². The Balaban J connectivity index is 2.40. The fourth-order valence-corrected chi connectivity index (χ4v) is 2.66. The van der Waals surface area contributed by atoms with E-state index in [0.29, 0.717) is 0 Å². The van der Waals surface area contributed by atoms with Crippen LogP contribution in [0.3, 0.4) is 0 Å². The van der Waals surface area contributed by atoms with Crippen LogP contribution >= 0.6 is 0 Å². The van der Waals surface area contributed by atoms with Crippen LogP contribution in [0.4, 0.5) is 0 Å². The molecule has 0 bridgehead atoms. The van der Waals surface area contributed by atoms with Crippen LogP contribution in [0.2, 0.25) is 0 Å². The molecule has 2 aromatic carbocycles. The minimum Gasteiger partial charge on any atom is -0.507 e. The van der Waals surface area contributed by atoms with E-state index in [1.807, 2.05) is 0 Å². The molecule has 2 aromatic rings. The lowest BCUT2D eigenvalue weighted by atomic mass is 9.82. The lowest BCUT2D eigenvalue weighted by Crippen LogP contribution is -2.22. The highest BCUT2D eigenvalue weighted by Crippen LogP contribution is 2.42. The van der Waals surface area contributed by atoms with E-state index in [-0.39, 0.29) is 39.3 Å². The molecule has 6 heteroatoms. The summed E-state index contributed by atoms with van der Waals surface area (Å²) in [6, 6.07) is 5.48. The Morgan fingerprint density at radius 2 is 1.77 bits per heavy atom. The molecule has 0 fully saturated rings. The number of aromatic hydroxyl groups is 2. The van der Waals surface area contributed by atoms with Gasteiger partial charge in [0, 0.05) is 16.7 Å². The summed E-state index contributed by atoms with van der Waals surface area (Å²) < 4.78 is 5.04. The summed E-state index contributed by atoms with van der Waals surface area (Å²) in [5.74, 6) is -1.99. The minimum atomic E-state index is -0.612. The molecule has 0 unspecified atom stereocenters. The summed E-state index contributed by atoms with van der Waals surface area (Å²) in [6.07, 6.45) is 0. The van der Waals surface area contributed by atoms with Gasteiger partial charge < -0.3 is 20.1 Å². The summed E-state index contributed by atoms with van der Waals surface area (Å²) in [5, 5.41) is 29.2. The van der Waals surface area contributed by atoms with Crippen molar-refractivity contribution in [2.45, 2.75) is 6.61 Å². The summed E-state index contributed by atoms with van der Waals surface area (Å²) in [6.45, 7) is -0.510. The van der Waals surface area contributed by atoms with Crippen LogP contribution < -0.4 is 4.74 Å². The number of rotatable bonds is 2. The molecule has 0 amide bonds. The van der Waals surface area contributed by atoms with Gasteiger partial charge in [-0.1, -0.05) is 12.1 Å². The maximum atomic E-state index is 12.6. The topological polar surface area (TPSA) is 104 Å². The molecule has 112 valence electrons. The average Bonchev–Trinajstić information content (AvgIpc) is 2.51. The molecular weight excluding hydrogens is 288 g/mol. The van der Waals surface area contributed by atoms with E-state index < -0.39 is 23.9 Å². The Bertz CT molecular complexity index is 822. The van der Waals surface area contributed by atoms with Crippen LogP contribution in [0.1, 0.15) is 37.4 Å². The molecule has 1 aliphatic rings. The summed E-state index contributed by atoms with van der Waals surface area (Å²) in [5.41, 5.74) is -0.0399. The Kier molecular flexibility index (Phi) is 3.11. The molecular formula is C16H12O6. The van der Waals surface area contributed by atoms with E-state index in [2.05, 4.69) is 0 Å². The number of phenols is 2. The number of methoxy groups -OCH3 is 1. The van der Waals surface area contributed by atoms with Crippen molar-refractivity contribution in [3.8, 4) is 17.2 Å². The van der Waals surface area contributed by atoms with Crippen molar-refractivity contribution in [1.29, 1.82) is 0 Å². The number of aliphatic hydroxyl groups excluding tert-OH is 1. The summed E-state index contributed by atoms with van der Waals surface area (Å²) in [7, 11) is 1.24. The number of hydrogen-bond acceptors (Lipinski definition) is 6. The molecule has 0 heterocycles. The highest BCUT2D eigenvalue weighted by Gasteiger charge is 2.36. The van der Waals surface area contributed by atoms with Crippen molar-refractivity contribution in [3.63, 3.8) is 0 Å². The molecule has 0 saturated heterocycles. The van der Waals surface area contributed by atoms with Gasteiger partial charge in [0.25, 0.3) is 0 Å². The smallest absolute Gasteiger partial charge is 0.202 e. The highest BCUT2D eigenvalue weighted by atomic mass is 16.5. The fourth-order valence-electron chi connectivity index (χ4n) is 2.66. The maximum absolute atomic E-state index is 12.6. The standard InChI is InChI=1S/C16H12O6/c1-22-16-12-9(5-7(6-17)13(16)19)14(20)8-3-2-4-10(18)11(8)15(12)21/h2-5,17-19H,6H2,1H3. The van der Waals surface area contributed by atoms with Gasteiger partial charge in [-0.15, -0.1) is 0 Å². The number of aliphatic hydroxyl groups is 1. The number of fused-ring (bicyclic) bond motifs is 2. The van der Waals surface area contributed by atoms with Gasteiger partial charge in [-0.3, -0.25) is 9.59 Å². The molecule has 0 spiro atoms. The van der Waals surface area contributed by atoms with E-state index in [1.165, 1.54) is 31.4 Å². The van der Waals surface area contributed by atoms with E-state index in [0.717, 1.165) is 0 Å². The quantitative estimate of drug-likeness (QED) is 0.660. The normalized spacial score (nSPS) is 12.8. The average molecular weight is 300 g/mol. The number of ketones is 2. The molecule has 3 N–H and O–H groups in total. The van der Waals surface area contributed by atoms with Crippen LogP contribution in [-0.2, 0) is 6.61 Å². The van der Waals surface area contributed by atoms with Crippen molar-refractivity contribution in [2.75, 3.05) is 7.11 Å². The first kappa shape index (κ1) is 14.1. The molecule has 0 aliphatic heterocycles. The third-order valence-electron chi connectivity index (χ3n) is 3.69. The predicted molar refractivity (Wildman–Crippen MR) is 75.6 cm³/mol. The molecule has 22 heavy (non-hydrogen) atoms. The first-order valence-corrected chi connectivity index (χ1v) is 6.46. The van der Waals surface area contributed by atoms with Gasteiger partial charge in [-0.25, -0.2) is 0 Å². The lowest BCUT2D eigenvalue weighted by Gasteiger charge is -2.22. The lowest BCUT2D eigenvalue weighted by molar-refractivity contribution is 0.0973. The van der Waals surface area contributed by atoms with E-state index in [1.54, 1.807) is 0 Å². The minimum absolute atomic E-state index is 0.0294. The van der Waals surface area contributed by atoms with Crippen LogP contribution in [0.5, 0.6) is 17.2 Å². The zero-order valence-corrected chi connectivity index (χ0v) is 11.6. The second kappa shape index (κ2) is 4.85. The molecule has 0 saturated carbocycles. The fraction of sp³-hybridized carbons (Fsp3) is 0.125. The van der Waals surface area contributed by atoms with Crippen molar-refractivity contribution >= 4 is 11.6 Å². The van der Waals surface area contributed by atoms with E-state index in [9.17, 15) is 24.9 Å². The Morgan fingerprint density at radius 3 is 2.41 bits per heavy atom. The third kappa shape index (κ3) is 1.71. The second-order valence-electron chi connectivity index (χ2n) is 4.86. The number of benzene rings is 2. The maximum Gasteiger partial charge on any atom is 0.202 e. The SMILES string of the molecule is COc1c(O)c(CO)cc2c1C(=O)c1c(O)cccc1C2=O. The molecule has 1 aliphatic carbocycles. The molecule has 3 rings (SSSR count). The monoisotopic (exact) mass is 300 g/mol. The highest BCUT2D eigenvalue weighted by molar-refractivity contribution is 6.30. The second-order valence-corrected chi connectivity index (χ2v) is 4.86. The third-order valence-corrected chi connectivity index (χ3v) is 3.69. The molecule has 6 nitrogen and oxygen atoms in total. The van der Waals surface area contributed by atoms with Gasteiger partial charge in [0.2, 0.25) is 5.78 Å². The number of hydrogen-bond donors (Lipinski definition) is 3. The molecule has 0 radical (unpaired) electrons. The molecule has 0 aromatic heterocycles. The predicted octanol–water partition coefficient (Wildman–Crippen LogP) is 1.37. The number of phenolic OH excluding ortho intramolecular Hbond substituents is 1. The van der Waals surface area contributed by atoms with Gasteiger partial charge in [-0.2, -0.15) is 0 Å². The van der Waals surface area contributed by atoms with Crippen LogP contribution in [0.15, 0.2) is 24.3 Å². The zero-order valence-electron chi connectivity index (χ0n) is 11.6. The largest absolute Gasteiger partial charge is 0.507 e. The number of carbonyl (C=O) groups is 2. The Hall–Kier alpha value is -2.86. The van der Waals surface area contributed by atoms with Gasteiger partial charge in [0.05, 0.1) is 24.8 Å². The van der Waals surface area contributed by atoms with Crippen molar-refractivity contribution < 1.29 is 29.6 Å². The zero-order chi connectivity index (χ0) is 16.0.